The predicted molar refractivity (Wildman–Crippen MR) is 63.8 cm³/mol. The summed E-state index contributed by atoms with van der Waals surface area (Å²) in [5.41, 5.74) is 16.7. The maximum absolute atomic E-state index is 10.7. The maximum atomic E-state index is 10.7. The molecular formula is C9H12ClN3OS. The van der Waals surface area contributed by atoms with Gasteiger partial charge in [0.25, 0.3) is 0 Å². The molecule has 0 bridgehead atoms. The summed E-state index contributed by atoms with van der Waals surface area (Å²) in [6.07, 6.45) is 0. The number of halogens is 1. The molecule has 0 spiro atoms. The number of anilines is 1. The quantitative estimate of drug-likeness (QED) is 0.541. The summed E-state index contributed by atoms with van der Waals surface area (Å²) >= 11 is 7.31. The topological polar surface area (TPSA) is 95.1 Å². The molecule has 6 N–H and O–H groups in total. The van der Waals surface area contributed by atoms with Crippen LogP contribution in [0.5, 0.6) is 0 Å². The zero-order chi connectivity index (χ0) is 11.4. The number of carbonyl (C=O) groups excluding carboxylic acids is 1. The largest absolute Gasteiger partial charge is 0.399 e. The van der Waals surface area contributed by atoms with E-state index in [1.54, 1.807) is 18.2 Å². The Balaban J connectivity index is 2.62. The minimum absolute atomic E-state index is 0.402. The Morgan fingerprint density at radius 1 is 1.53 bits per heavy atom. The summed E-state index contributed by atoms with van der Waals surface area (Å²) in [5.74, 6) is -0.118. The summed E-state index contributed by atoms with van der Waals surface area (Å²) in [4.78, 5) is 11.5. The van der Waals surface area contributed by atoms with Gasteiger partial charge in [-0.3, -0.25) is 4.79 Å². The van der Waals surface area contributed by atoms with Crippen molar-refractivity contribution in [2.24, 2.45) is 11.5 Å². The van der Waals surface area contributed by atoms with Crippen LogP contribution >= 0.6 is 23.4 Å². The van der Waals surface area contributed by atoms with E-state index in [4.69, 9.17) is 28.8 Å². The van der Waals surface area contributed by atoms with Crippen LogP contribution in [0.25, 0.3) is 0 Å². The van der Waals surface area contributed by atoms with Crippen molar-refractivity contribution in [3.05, 3.63) is 23.2 Å². The second-order valence-corrected chi connectivity index (χ2v) is 4.48. The molecule has 0 heterocycles. The number of amides is 1. The second-order valence-electron chi connectivity index (χ2n) is 3.01. The first-order chi connectivity index (χ1) is 7.00. The third-order valence-electron chi connectivity index (χ3n) is 1.74. The van der Waals surface area contributed by atoms with Crippen LogP contribution in [0.1, 0.15) is 0 Å². The predicted octanol–water partition coefficient (Wildman–Crippen LogP) is 0.827. The fourth-order valence-corrected chi connectivity index (χ4v) is 2.13. The molecule has 6 heteroatoms. The van der Waals surface area contributed by atoms with Crippen molar-refractivity contribution in [2.45, 2.75) is 10.9 Å². The van der Waals surface area contributed by atoms with Crippen molar-refractivity contribution in [2.75, 3.05) is 11.5 Å². The lowest BCUT2D eigenvalue weighted by molar-refractivity contribution is -0.118. The Morgan fingerprint density at radius 2 is 2.20 bits per heavy atom. The SMILES string of the molecule is NC(=O)C(N)CSc1ccc(N)cc1Cl. The molecule has 82 valence electrons. The van der Waals surface area contributed by atoms with Gasteiger partial charge < -0.3 is 17.2 Å². The number of primary amides is 1. The Kier molecular flexibility index (Phi) is 4.26. The number of carbonyl (C=O) groups is 1. The van der Waals surface area contributed by atoms with Crippen LogP contribution in [0.15, 0.2) is 23.1 Å². The van der Waals surface area contributed by atoms with Crippen molar-refractivity contribution in [1.29, 1.82) is 0 Å². The zero-order valence-corrected chi connectivity index (χ0v) is 9.52. The highest BCUT2D eigenvalue weighted by Gasteiger charge is 2.10. The number of rotatable bonds is 4. The third-order valence-corrected chi connectivity index (χ3v) is 3.36. The first kappa shape index (κ1) is 12.2. The van der Waals surface area contributed by atoms with E-state index in [2.05, 4.69) is 0 Å². The molecule has 0 saturated carbocycles. The first-order valence-electron chi connectivity index (χ1n) is 4.23. The van der Waals surface area contributed by atoms with Gasteiger partial charge in [0.15, 0.2) is 0 Å². The lowest BCUT2D eigenvalue weighted by Crippen LogP contribution is -2.38. The molecule has 0 aliphatic rings. The van der Waals surface area contributed by atoms with Gasteiger partial charge in [0.05, 0.1) is 11.1 Å². The number of thioether (sulfide) groups is 1. The van der Waals surface area contributed by atoms with Gasteiger partial charge in [-0.2, -0.15) is 0 Å². The van der Waals surface area contributed by atoms with Crippen molar-refractivity contribution < 1.29 is 4.79 Å². The number of benzene rings is 1. The van der Waals surface area contributed by atoms with Crippen molar-refractivity contribution in [3.63, 3.8) is 0 Å². The van der Waals surface area contributed by atoms with Crippen molar-refractivity contribution >= 4 is 35.0 Å². The van der Waals surface area contributed by atoms with Gasteiger partial charge >= 0.3 is 0 Å². The molecule has 15 heavy (non-hydrogen) atoms. The van der Waals surface area contributed by atoms with E-state index in [-0.39, 0.29) is 0 Å². The molecule has 0 aromatic heterocycles. The Hall–Kier alpha value is -0.910. The van der Waals surface area contributed by atoms with Crippen LogP contribution in [0.2, 0.25) is 5.02 Å². The fraction of sp³-hybridized carbons (Fsp3) is 0.222. The molecule has 1 unspecified atom stereocenters. The standard InChI is InChI=1S/C9H12ClN3OS/c10-6-3-5(11)1-2-8(6)15-4-7(12)9(13)14/h1-3,7H,4,11-12H2,(H2,13,14). The van der Waals surface area contributed by atoms with Crippen molar-refractivity contribution in [1.82, 2.24) is 0 Å². The van der Waals surface area contributed by atoms with Crippen LogP contribution in [0.4, 0.5) is 5.69 Å². The smallest absolute Gasteiger partial charge is 0.235 e. The molecule has 0 aliphatic carbocycles. The zero-order valence-electron chi connectivity index (χ0n) is 7.94. The fourth-order valence-electron chi connectivity index (χ4n) is 0.896. The maximum Gasteiger partial charge on any atom is 0.235 e. The van der Waals surface area contributed by atoms with Crippen LogP contribution in [0, 0.1) is 0 Å². The van der Waals surface area contributed by atoms with Gasteiger partial charge in [0.2, 0.25) is 5.91 Å². The highest BCUT2D eigenvalue weighted by atomic mass is 35.5. The average Bonchev–Trinajstić information content (AvgIpc) is 2.15. The molecule has 0 aliphatic heterocycles. The van der Waals surface area contributed by atoms with Crippen LogP contribution in [-0.2, 0) is 4.79 Å². The molecular weight excluding hydrogens is 234 g/mol. The van der Waals surface area contributed by atoms with Crippen LogP contribution in [0.3, 0.4) is 0 Å². The Morgan fingerprint density at radius 3 is 2.73 bits per heavy atom. The van der Waals surface area contributed by atoms with E-state index >= 15 is 0 Å². The Bertz CT molecular complexity index is 372. The monoisotopic (exact) mass is 245 g/mol. The molecule has 0 fully saturated rings. The summed E-state index contributed by atoms with van der Waals surface area (Å²) in [6.45, 7) is 0. The highest BCUT2D eigenvalue weighted by molar-refractivity contribution is 7.99. The molecule has 1 aromatic carbocycles. The summed E-state index contributed by atoms with van der Waals surface area (Å²) < 4.78 is 0. The molecule has 1 rings (SSSR count). The summed E-state index contributed by atoms with van der Waals surface area (Å²) in [7, 11) is 0. The third kappa shape index (κ3) is 3.62. The molecule has 0 saturated heterocycles. The van der Waals surface area contributed by atoms with E-state index < -0.39 is 11.9 Å². The second kappa shape index (κ2) is 5.25. The lowest BCUT2D eigenvalue weighted by Gasteiger charge is -2.08. The van der Waals surface area contributed by atoms with Gasteiger partial charge in [0, 0.05) is 16.3 Å². The molecule has 4 nitrogen and oxygen atoms in total. The number of nitrogens with two attached hydrogens (primary N) is 3. The van der Waals surface area contributed by atoms with E-state index in [9.17, 15) is 4.79 Å². The molecule has 1 amide bonds. The molecule has 1 atom stereocenters. The normalized spacial score (nSPS) is 12.4. The van der Waals surface area contributed by atoms with Crippen LogP contribution in [-0.4, -0.2) is 17.7 Å². The van der Waals surface area contributed by atoms with Gasteiger partial charge in [-0.15, -0.1) is 11.8 Å². The minimum atomic E-state index is -0.663. The number of hydrogen-bond donors (Lipinski definition) is 3. The van der Waals surface area contributed by atoms with E-state index in [0.29, 0.717) is 16.5 Å². The lowest BCUT2D eigenvalue weighted by atomic mass is 10.3. The van der Waals surface area contributed by atoms with Crippen molar-refractivity contribution in [3.8, 4) is 0 Å². The van der Waals surface area contributed by atoms with Crippen LogP contribution < -0.4 is 17.2 Å². The molecule has 0 radical (unpaired) electrons. The summed E-state index contributed by atoms with van der Waals surface area (Å²) in [6, 6.07) is 4.52. The van der Waals surface area contributed by atoms with Gasteiger partial charge in [-0.05, 0) is 18.2 Å². The van der Waals surface area contributed by atoms with E-state index in [1.165, 1.54) is 11.8 Å². The van der Waals surface area contributed by atoms with Gasteiger partial charge in [-0.1, -0.05) is 11.6 Å². The minimum Gasteiger partial charge on any atom is -0.399 e. The van der Waals surface area contributed by atoms with E-state index in [1.807, 2.05) is 0 Å². The number of hydrogen-bond acceptors (Lipinski definition) is 4. The van der Waals surface area contributed by atoms with Gasteiger partial charge in [-0.25, -0.2) is 0 Å². The molecule has 1 aromatic rings. The highest BCUT2D eigenvalue weighted by Crippen LogP contribution is 2.28. The Labute approximate surface area is 97.1 Å². The number of nitrogen functional groups attached to an aromatic ring is 1. The van der Waals surface area contributed by atoms with Gasteiger partial charge in [0.1, 0.15) is 0 Å². The average molecular weight is 246 g/mol. The summed E-state index contributed by atoms with van der Waals surface area (Å²) in [5, 5.41) is 0.552. The van der Waals surface area contributed by atoms with E-state index in [0.717, 1.165) is 4.90 Å². The first-order valence-corrected chi connectivity index (χ1v) is 5.60.